The molecule has 0 aliphatic heterocycles. The predicted octanol–water partition coefficient (Wildman–Crippen LogP) is 4.31. The average Bonchev–Trinajstić information content (AvgIpc) is 3.13. The van der Waals surface area contributed by atoms with Crippen LogP contribution in [0.1, 0.15) is 29.0 Å². The summed E-state index contributed by atoms with van der Waals surface area (Å²) in [6.07, 6.45) is 2.14. The van der Waals surface area contributed by atoms with Crippen molar-refractivity contribution in [3.05, 3.63) is 89.5 Å². The molecule has 27 heavy (non-hydrogen) atoms. The fraction of sp³-hybridized carbons (Fsp3) is 0.250. The fourth-order valence-corrected chi connectivity index (χ4v) is 7.30. The van der Waals surface area contributed by atoms with Gasteiger partial charge in [0.15, 0.2) is 7.14 Å². The Bertz CT molecular complexity index is 937. The van der Waals surface area contributed by atoms with Gasteiger partial charge in [-0.2, -0.15) is 0 Å². The summed E-state index contributed by atoms with van der Waals surface area (Å²) < 4.78 is 20.0. The van der Waals surface area contributed by atoms with Gasteiger partial charge in [0.05, 0.1) is 6.61 Å². The number of benzene rings is 3. The first kappa shape index (κ1) is 18.2. The molecule has 2 nitrogen and oxygen atoms in total. The van der Waals surface area contributed by atoms with E-state index >= 15 is 0 Å². The monoisotopic (exact) mass is 376 g/mol. The fourth-order valence-electron chi connectivity index (χ4n) is 4.37. The Morgan fingerprint density at radius 3 is 2.07 bits per heavy atom. The molecule has 0 N–H and O–H groups in total. The number of methoxy groups -OCH3 is 1. The van der Waals surface area contributed by atoms with E-state index in [4.69, 9.17) is 4.74 Å². The standard InChI is InChI=1S/C24H25O2P/c1-18-22-14-13-19(17-26-2)23(22)15-16-24(18)27(25,20-9-5-3-6-10-20)21-11-7-4-8-12-21/h3-12,15-16,19H,13-14,17H2,1-2H3. The third kappa shape index (κ3) is 3.08. The van der Waals surface area contributed by atoms with Crippen LogP contribution in [-0.2, 0) is 15.7 Å². The van der Waals surface area contributed by atoms with Crippen LogP contribution < -0.4 is 15.9 Å². The quantitative estimate of drug-likeness (QED) is 0.620. The maximum Gasteiger partial charge on any atom is 0.171 e. The van der Waals surface area contributed by atoms with Gasteiger partial charge in [-0.15, -0.1) is 0 Å². The van der Waals surface area contributed by atoms with E-state index in [1.54, 1.807) is 7.11 Å². The predicted molar refractivity (Wildman–Crippen MR) is 114 cm³/mol. The molecule has 0 radical (unpaired) electrons. The summed E-state index contributed by atoms with van der Waals surface area (Å²) in [7, 11) is -1.15. The van der Waals surface area contributed by atoms with E-state index in [1.165, 1.54) is 16.7 Å². The lowest BCUT2D eigenvalue weighted by Gasteiger charge is -2.23. The molecule has 0 spiro atoms. The Morgan fingerprint density at radius 1 is 0.926 bits per heavy atom. The zero-order chi connectivity index (χ0) is 18.9. The number of rotatable bonds is 5. The van der Waals surface area contributed by atoms with Crippen LogP contribution in [0.5, 0.6) is 0 Å². The van der Waals surface area contributed by atoms with Crippen LogP contribution in [0.3, 0.4) is 0 Å². The van der Waals surface area contributed by atoms with Crippen molar-refractivity contribution in [2.75, 3.05) is 13.7 Å². The molecule has 1 aliphatic carbocycles. The van der Waals surface area contributed by atoms with Crippen molar-refractivity contribution in [1.82, 2.24) is 0 Å². The van der Waals surface area contributed by atoms with E-state index in [0.29, 0.717) is 5.92 Å². The van der Waals surface area contributed by atoms with Gasteiger partial charge in [-0.25, -0.2) is 0 Å². The first-order valence-electron chi connectivity index (χ1n) is 9.49. The molecule has 138 valence electrons. The second-order valence-electron chi connectivity index (χ2n) is 7.25. The average molecular weight is 376 g/mol. The smallest absolute Gasteiger partial charge is 0.171 e. The van der Waals surface area contributed by atoms with Gasteiger partial charge in [0, 0.05) is 28.9 Å². The van der Waals surface area contributed by atoms with E-state index in [9.17, 15) is 4.57 Å². The van der Waals surface area contributed by atoms with Crippen LogP contribution in [0.2, 0.25) is 0 Å². The molecule has 0 fully saturated rings. The summed E-state index contributed by atoms with van der Waals surface area (Å²) in [4.78, 5) is 0. The lowest BCUT2D eigenvalue weighted by molar-refractivity contribution is 0.179. The van der Waals surface area contributed by atoms with Gasteiger partial charge in [-0.1, -0.05) is 72.8 Å². The van der Waals surface area contributed by atoms with Crippen molar-refractivity contribution in [3.63, 3.8) is 0 Å². The number of hydrogen-bond acceptors (Lipinski definition) is 2. The molecule has 3 aromatic rings. The zero-order valence-corrected chi connectivity index (χ0v) is 16.8. The van der Waals surface area contributed by atoms with Crippen LogP contribution in [-0.4, -0.2) is 13.7 Å². The molecule has 4 rings (SSSR count). The van der Waals surface area contributed by atoms with Gasteiger partial charge in [0.25, 0.3) is 0 Å². The van der Waals surface area contributed by atoms with Crippen molar-refractivity contribution in [2.24, 2.45) is 0 Å². The summed E-state index contributed by atoms with van der Waals surface area (Å²) in [5, 5.41) is 2.76. The SMILES string of the molecule is COCC1CCc2c1ccc(P(=O)(c1ccccc1)c1ccccc1)c2C. The van der Waals surface area contributed by atoms with Crippen molar-refractivity contribution in [3.8, 4) is 0 Å². The van der Waals surface area contributed by atoms with E-state index in [-0.39, 0.29) is 0 Å². The Hall–Kier alpha value is -2.15. The second-order valence-corrected chi connectivity index (χ2v) is 9.98. The van der Waals surface area contributed by atoms with E-state index in [1.807, 2.05) is 60.7 Å². The molecular formula is C24H25O2P. The molecular weight excluding hydrogens is 351 g/mol. The molecule has 0 aromatic heterocycles. The summed E-state index contributed by atoms with van der Waals surface area (Å²) in [6.45, 7) is 2.89. The second kappa shape index (κ2) is 7.46. The van der Waals surface area contributed by atoms with Crippen LogP contribution in [0, 0.1) is 6.92 Å². The molecule has 1 unspecified atom stereocenters. The highest BCUT2D eigenvalue weighted by atomic mass is 31.2. The van der Waals surface area contributed by atoms with Crippen LogP contribution >= 0.6 is 7.14 Å². The highest BCUT2D eigenvalue weighted by molar-refractivity contribution is 7.85. The Morgan fingerprint density at radius 2 is 1.52 bits per heavy atom. The lowest BCUT2D eigenvalue weighted by Crippen LogP contribution is -2.27. The lowest BCUT2D eigenvalue weighted by atomic mass is 10.00. The van der Waals surface area contributed by atoms with Gasteiger partial charge < -0.3 is 9.30 Å². The molecule has 0 saturated carbocycles. The van der Waals surface area contributed by atoms with Crippen molar-refractivity contribution >= 4 is 23.1 Å². The summed E-state index contributed by atoms with van der Waals surface area (Å²) >= 11 is 0. The zero-order valence-electron chi connectivity index (χ0n) is 15.9. The molecule has 0 heterocycles. The number of hydrogen-bond donors (Lipinski definition) is 0. The highest BCUT2D eigenvalue weighted by Crippen LogP contribution is 2.45. The molecule has 1 aliphatic rings. The first-order chi connectivity index (χ1) is 13.2. The third-order valence-corrected chi connectivity index (χ3v) is 8.95. The molecule has 0 amide bonds. The van der Waals surface area contributed by atoms with Crippen LogP contribution in [0.4, 0.5) is 0 Å². The minimum atomic E-state index is -2.91. The van der Waals surface area contributed by atoms with Crippen molar-refractivity contribution < 1.29 is 9.30 Å². The normalized spacial score (nSPS) is 16.3. The van der Waals surface area contributed by atoms with Crippen molar-refractivity contribution in [1.29, 1.82) is 0 Å². The third-order valence-electron chi connectivity index (χ3n) is 5.74. The molecule has 0 bridgehead atoms. The maximum absolute atomic E-state index is 14.6. The first-order valence-corrected chi connectivity index (χ1v) is 11.2. The van der Waals surface area contributed by atoms with Gasteiger partial charge in [0.2, 0.25) is 0 Å². The summed E-state index contributed by atoms with van der Waals surface area (Å²) in [6, 6.07) is 24.1. The molecule has 3 heteroatoms. The Kier molecular flexibility index (Phi) is 5.04. The van der Waals surface area contributed by atoms with Gasteiger partial charge in [0.1, 0.15) is 0 Å². The van der Waals surface area contributed by atoms with Crippen LogP contribution in [0.25, 0.3) is 0 Å². The van der Waals surface area contributed by atoms with Gasteiger partial charge >= 0.3 is 0 Å². The largest absolute Gasteiger partial charge is 0.384 e. The summed E-state index contributed by atoms with van der Waals surface area (Å²) in [5.74, 6) is 0.450. The maximum atomic E-state index is 14.6. The van der Waals surface area contributed by atoms with E-state index in [2.05, 4.69) is 19.1 Å². The summed E-state index contributed by atoms with van der Waals surface area (Å²) in [5.41, 5.74) is 3.91. The van der Waals surface area contributed by atoms with Gasteiger partial charge in [-0.05, 0) is 36.5 Å². The minimum Gasteiger partial charge on any atom is -0.384 e. The van der Waals surface area contributed by atoms with Crippen LogP contribution in [0.15, 0.2) is 72.8 Å². The highest BCUT2D eigenvalue weighted by Gasteiger charge is 2.34. The topological polar surface area (TPSA) is 26.3 Å². The van der Waals surface area contributed by atoms with E-state index < -0.39 is 7.14 Å². The Labute approximate surface area is 161 Å². The molecule has 0 saturated heterocycles. The molecule has 1 atom stereocenters. The minimum absolute atomic E-state index is 0.450. The van der Waals surface area contributed by atoms with Gasteiger partial charge in [-0.3, -0.25) is 0 Å². The Balaban J connectivity index is 1.92. The molecule has 3 aromatic carbocycles. The number of fused-ring (bicyclic) bond motifs is 1. The van der Waals surface area contributed by atoms with E-state index in [0.717, 1.165) is 35.4 Å². The van der Waals surface area contributed by atoms with Crippen molar-refractivity contribution in [2.45, 2.75) is 25.7 Å². The number of ether oxygens (including phenoxy) is 1.